The van der Waals surface area contributed by atoms with Crippen LogP contribution in [0.15, 0.2) is 23.4 Å². The fraction of sp³-hybridized carbons (Fsp3) is 0.667. The maximum atomic E-state index is 3.68. The first kappa shape index (κ1) is 10.5. The zero-order valence-electron chi connectivity index (χ0n) is 8.94. The minimum Gasteiger partial charge on any atom is -0.383 e. The molecule has 0 fully saturated rings. The van der Waals surface area contributed by atoms with Gasteiger partial charge < -0.3 is 5.32 Å². The second-order valence-electron chi connectivity index (χ2n) is 4.94. The molecule has 1 N–H and O–H groups in total. The quantitative estimate of drug-likeness (QED) is 0.578. The molecule has 0 aromatic carbocycles. The second-order valence-corrected chi connectivity index (χ2v) is 5.82. The van der Waals surface area contributed by atoms with Crippen LogP contribution < -0.4 is 5.32 Å². The van der Waals surface area contributed by atoms with Gasteiger partial charge in [0.25, 0.3) is 0 Å². The smallest absolute Gasteiger partial charge is 0.0320 e. The van der Waals surface area contributed by atoms with Crippen molar-refractivity contribution >= 4 is 22.6 Å². The SMILES string of the molecule is CC1(C)CC(CI)C2=C(CCC=C2)N1. The minimum atomic E-state index is 0.292. The van der Waals surface area contributed by atoms with Gasteiger partial charge in [0.15, 0.2) is 0 Å². The number of allylic oxidation sites excluding steroid dienone is 4. The van der Waals surface area contributed by atoms with Crippen molar-refractivity contribution in [3.8, 4) is 0 Å². The van der Waals surface area contributed by atoms with E-state index in [-0.39, 0.29) is 0 Å². The lowest BCUT2D eigenvalue weighted by Gasteiger charge is -2.40. The summed E-state index contributed by atoms with van der Waals surface area (Å²) in [5.74, 6) is 0.762. The van der Waals surface area contributed by atoms with Crippen LogP contribution in [-0.2, 0) is 0 Å². The van der Waals surface area contributed by atoms with Crippen LogP contribution in [0.5, 0.6) is 0 Å². The van der Waals surface area contributed by atoms with Gasteiger partial charge in [-0.3, -0.25) is 0 Å². The Kier molecular flexibility index (Phi) is 2.91. The van der Waals surface area contributed by atoms with Gasteiger partial charge in [0.05, 0.1) is 0 Å². The lowest BCUT2D eigenvalue weighted by atomic mass is 9.79. The average Bonchev–Trinajstić information content (AvgIpc) is 2.15. The third kappa shape index (κ3) is 2.00. The Morgan fingerprint density at radius 2 is 2.36 bits per heavy atom. The monoisotopic (exact) mass is 303 g/mol. The van der Waals surface area contributed by atoms with E-state index in [2.05, 4.69) is 53.9 Å². The average molecular weight is 303 g/mol. The molecule has 0 saturated heterocycles. The van der Waals surface area contributed by atoms with Crippen molar-refractivity contribution in [1.82, 2.24) is 5.32 Å². The van der Waals surface area contributed by atoms with E-state index in [1.807, 2.05) is 0 Å². The van der Waals surface area contributed by atoms with Gasteiger partial charge >= 0.3 is 0 Å². The third-order valence-electron chi connectivity index (χ3n) is 3.08. The van der Waals surface area contributed by atoms with E-state index in [9.17, 15) is 0 Å². The molecule has 0 saturated carbocycles. The van der Waals surface area contributed by atoms with Crippen LogP contribution in [0.2, 0.25) is 0 Å². The highest BCUT2D eigenvalue weighted by molar-refractivity contribution is 14.1. The summed E-state index contributed by atoms with van der Waals surface area (Å²) in [5.41, 5.74) is 3.37. The van der Waals surface area contributed by atoms with Gasteiger partial charge in [-0.05, 0) is 44.6 Å². The van der Waals surface area contributed by atoms with Crippen LogP contribution in [0.1, 0.15) is 33.1 Å². The van der Waals surface area contributed by atoms with Gasteiger partial charge in [-0.25, -0.2) is 0 Å². The molecule has 1 nitrogen and oxygen atoms in total. The molecular weight excluding hydrogens is 285 g/mol. The second kappa shape index (κ2) is 3.87. The molecule has 0 aromatic rings. The van der Waals surface area contributed by atoms with Crippen molar-refractivity contribution in [2.24, 2.45) is 5.92 Å². The van der Waals surface area contributed by atoms with E-state index in [1.54, 1.807) is 5.57 Å². The molecule has 2 heteroatoms. The van der Waals surface area contributed by atoms with Crippen molar-refractivity contribution in [2.75, 3.05) is 4.43 Å². The highest BCUT2D eigenvalue weighted by atomic mass is 127. The molecule has 0 spiro atoms. The molecule has 2 rings (SSSR count). The lowest BCUT2D eigenvalue weighted by molar-refractivity contribution is 0.323. The molecule has 78 valence electrons. The van der Waals surface area contributed by atoms with E-state index >= 15 is 0 Å². The molecule has 1 atom stereocenters. The zero-order valence-corrected chi connectivity index (χ0v) is 11.1. The van der Waals surface area contributed by atoms with Crippen molar-refractivity contribution in [3.63, 3.8) is 0 Å². The highest BCUT2D eigenvalue weighted by Gasteiger charge is 2.32. The molecule has 1 aliphatic heterocycles. The standard InChI is InChI=1S/C12H18IN/c1-12(2)7-9(8-13)10-5-3-4-6-11(10)14-12/h3,5,9,14H,4,6-8H2,1-2H3. The van der Waals surface area contributed by atoms with Gasteiger partial charge in [-0.2, -0.15) is 0 Å². The van der Waals surface area contributed by atoms with Crippen molar-refractivity contribution in [3.05, 3.63) is 23.4 Å². The Hall–Kier alpha value is 0.01000. The number of rotatable bonds is 1. The Morgan fingerprint density at radius 3 is 3.07 bits per heavy atom. The fourth-order valence-electron chi connectivity index (χ4n) is 2.52. The van der Waals surface area contributed by atoms with E-state index in [0.29, 0.717) is 5.54 Å². The van der Waals surface area contributed by atoms with Crippen LogP contribution >= 0.6 is 22.6 Å². The number of hydrogen-bond acceptors (Lipinski definition) is 1. The summed E-state index contributed by atoms with van der Waals surface area (Å²) in [6.45, 7) is 4.63. The normalized spacial score (nSPS) is 29.8. The number of hydrogen-bond donors (Lipinski definition) is 1. The Bertz CT molecular complexity index is 289. The molecule has 14 heavy (non-hydrogen) atoms. The molecule has 1 heterocycles. The fourth-order valence-corrected chi connectivity index (χ4v) is 3.31. The number of alkyl halides is 1. The lowest BCUT2D eigenvalue weighted by Crippen LogP contribution is -2.45. The van der Waals surface area contributed by atoms with Crippen molar-refractivity contribution < 1.29 is 0 Å². The van der Waals surface area contributed by atoms with Gasteiger partial charge in [0.1, 0.15) is 0 Å². The maximum Gasteiger partial charge on any atom is 0.0320 e. The summed E-state index contributed by atoms with van der Waals surface area (Å²) >= 11 is 2.52. The van der Waals surface area contributed by atoms with Crippen LogP contribution in [0.4, 0.5) is 0 Å². The van der Waals surface area contributed by atoms with E-state index in [0.717, 1.165) is 5.92 Å². The Morgan fingerprint density at radius 1 is 1.57 bits per heavy atom. The van der Waals surface area contributed by atoms with Crippen LogP contribution in [0.3, 0.4) is 0 Å². The number of halogens is 1. The summed E-state index contributed by atoms with van der Waals surface area (Å²) in [6.07, 6.45) is 8.33. The molecule has 0 amide bonds. The predicted molar refractivity (Wildman–Crippen MR) is 69.6 cm³/mol. The van der Waals surface area contributed by atoms with Crippen LogP contribution in [0.25, 0.3) is 0 Å². The van der Waals surface area contributed by atoms with Gasteiger partial charge in [0, 0.05) is 15.7 Å². The topological polar surface area (TPSA) is 12.0 Å². The molecule has 0 radical (unpaired) electrons. The largest absolute Gasteiger partial charge is 0.383 e. The van der Waals surface area contributed by atoms with E-state index in [4.69, 9.17) is 0 Å². The number of nitrogens with one attached hydrogen (secondary N) is 1. The van der Waals surface area contributed by atoms with Crippen molar-refractivity contribution in [2.45, 2.75) is 38.6 Å². The zero-order chi connectivity index (χ0) is 10.2. The molecule has 0 aromatic heterocycles. The van der Waals surface area contributed by atoms with Gasteiger partial charge in [-0.15, -0.1) is 0 Å². The van der Waals surface area contributed by atoms with Gasteiger partial charge in [-0.1, -0.05) is 34.7 Å². The summed E-state index contributed by atoms with van der Waals surface area (Å²) in [7, 11) is 0. The van der Waals surface area contributed by atoms with Crippen LogP contribution in [-0.4, -0.2) is 9.97 Å². The first-order valence-electron chi connectivity index (χ1n) is 5.36. The first-order valence-corrected chi connectivity index (χ1v) is 6.89. The molecular formula is C12H18IN. The first-order chi connectivity index (χ1) is 6.62. The molecule has 1 unspecified atom stereocenters. The third-order valence-corrected chi connectivity index (χ3v) is 4.14. The van der Waals surface area contributed by atoms with E-state index in [1.165, 1.54) is 29.4 Å². The molecule has 2 aliphatic rings. The summed E-state index contributed by atoms with van der Waals surface area (Å²) in [5, 5.41) is 3.68. The van der Waals surface area contributed by atoms with Gasteiger partial charge in [0.2, 0.25) is 0 Å². The Balaban J connectivity index is 2.31. The highest BCUT2D eigenvalue weighted by Crippen LogP contribution is 2.36. The summed E-state index contributed by atoms with van der Waals surface area (Å²) < 4.78 is 1.24. The summed E-state index contributed by atoms with van der Waals surface area (Å²) in [6, 6.07) is 0. The van der Waals surface area contributed by atoms with Crippen LogP contribution in [0, 0.1) is 5.92 Å². The predicted octanol–water partition coefficient (Wildman–Crippen LogP) is 3.41. The Labute approximate surface area is 100 Å². The maximum absolute atomic E-state index is 3.68. The summed E-state index contributed by atoms with van der Waals surface area (Å²) in [4.78, 5) is 0. The molecule has 0 bridgehead atoms. The van der Waals surface area contributed by atoms with Crippen molar-refractivity contribution in [1.29, 1.82) is 0 Å². The van der Waals surface area contributed by atoms with E-state index < -0.39 is 0 Å². The minimum absolute atomic E-state index is 0.292. The molecule has 1 aliphatic carbocycles.